The number of likely N-dealkylation sites (tertiary alicyclic amines) is 1. The van der Waals surface area contributed by atoms with E-state index in [0.717, 1.165) is 51.0 Å². The number of amides is 1. The van der Waals surface area contributed by atoms with Crippen molar-refractivity contribution in [1.82, 2.24) is 14.8 Å². The van der Waals surface area contributed by atoms with E-state index in [2.05, 4.69) is 34.1 Å². The van der Waals surface area contributed by atoms with Gasteiger partial charge in [0.05, 0.1) is 0 Å². The molecule has 3 rings (SSSR count). The van der Waals surface area contributed by atoms with Gasteiger partial charge in [-0.3, -0.25) is 9.59 Å². The molecule has 5 heteroatoms. The number of carbonyl (C=O) groups excluding carboxylic acids is 1. The molecular formula is C22H29N3O2. The highest BCUT2D eigenvalue weighted by Gasteiger charge is 2.27. The molecule has 0 aliphatic carbocycles. The van der Waals surface area contributed by atoms with Crippen molar-refractivity contribution in [3.63, 3.8) is 0 Å². The Labute approximate surface area is 161 Å². The number of aromatic nitrogens is 1. The number of pyridine rings is 1. The zero-order valence-electron chi connectivity index (χ0n) is 16.3. The maximum absolute atomic E-state index is 12.8. The summed E-state index contributed by atoms with van der Waals surface area (Å²) >= 11 is 0. The number of H-pyrrole nitrogens is 1. The van der Waals surface area contributed by atoms with Crippen molar-refractivity contribution in [3.05, 3.63) is 69.6 Å². The van der Waals surface area contributed by atoms with Crippen LogP contribution in [0.5, 0.6) is 0 Å². The summed E-state index contributed by atoms with van der Waals surface area (Å²) in [5, 5.41) is 0. The minimum absolute atomic E-state index is 0.156. The van der Waals surface area contributed by atoms with Crippen LogP contribution in [0, 0.1) is 6.92 Å². The molecule has 1 aliphatic rings. The van der Waals surface area contributed by atoms with Gasteiger partial charge in [-0.1, -0.05) is 30.3 Å². The fourth-order valence-electron chi connectivity index (χ4n) is 3.80. The summed E-state index contributed by atoms with van der Waals surface area (Å²) in [4.78, 5) is 31.8. The summed E-state index contributed by atoms with van der Waals surface area (Å²) in [5.74, 6) is -0.188. The maximum Gasteiger partial charge on any atom is 0.260 e. The van der Waals surface area contributed by atoms with Gasteiger partial charge in [-0.25, -0.2) is 0 Å². The summed E-state index contributed by atoms with van der Waals surface area (Å²) in [6, 6.07) is 14.1. The Morgan fingerprint density at radius 2 is 2.00 bits per heavy atom. The number of aromatic amines is 1. The van der Waals surface area contributed by atoms with E-state index >= 15 is 0 Å². The van der Waals surface area contributed by atoms with Crippen LogP contribution in [0.1, 0.15) is 40.9 Å². The van der Waals surface area contributed by atoms with E-state index in [9.17, 15) is 9.59 Å². The van der Waals surface area contributed by atoms with Crippen molar-refractivity contribution in [2.45, 2.75) is 38.6 Å². The molecule has 27 heavy (non-hydrogen) atoms. The number of likely N-dealkylation sites (N-methyl/N-ethyl adjacent to an activating group) is 1. The van der Waals surface area contributed by atoms with E-state index in [1.807, 2.05) is 20.0 Å². The molecule has 0 radical (unpaired) electrons. The van der Waals surface area contributed by atoms with Gasteiger partial charge in [0.15, 0.2) is 0 Å². The summed E-state index contributed by atoms with van der Waals surface area (Å²) in [6.07, 6.45) is 4.26. The van der Waals surface area contributed by atoms with Gasteiger partial charge >= 0.3 is 0 Å². The first-order chi connectivity index (χ1) is 13.0. The third-order valence-corrected chi connectivity index (χ3v) is 5.42. The number of nitrogens with one attached hydrogen (secondary N) is 1. The second-order valence-corrected chi connectivity index (χ2v) is 7.49. The molecule has 1 saturated heterocycles. The highest BCUT2D eigenvalue weighted by molar-refractivity contribution is 5.93. The molecule has 0 saturated carbocycles. The standard InChI is InChI=1S/C22H29N3O2/c1-17-12-13-20(21(26)23-17)22(27)24(2)19-11-7-15-25(16-19)14-6-10-18-8-4-3-5-9-18/h3-5,8-9,12-13,19H,6-7,10-11,14-16H2,1-2H3,(H,23,26). The first-order valence-corrected chi connectivity index (χ1v) is 9.78. The SMILES string of the molecule is Cc1ccc(C(=O)N(C)C2CCCN(CCCc3ccccc3)C2)c(=O)[nH]1. The zero-order valence-corrected chi connectivity index (χ0v) is 16.3. The summed E-state index contributed by atoms with van der Waals surface area (Å²) < 4.78 is 0. The lowest BCUT2D eigenvalue weighted by molar-refractivity contribution is 0.0615. The Bertz CT molecular complexity index is 816. The second-order valence-electron chi connectivity index (χ2n) is 7.49. The number of hydrogen-bond donors (Lipinski definition) is 1. The van der Waals surface area contributed by atoms with Crippen molar-refractivity contribution < 1.29 is 4.79 Å². The lowest BCUT2D eigenvalue weighted by Gasteiger charge is -2.37. The van der Waals surface area contributed by atoms with Crippen LogP contribution in [0.2, 0.25) is 0 Å². The van der Waals surface area contributed by atoms with Crippen molar-refractivity contribution in [1.29, 1.82) is 0 Å². The second kappa shape index (κ2) is 9.00. The van der Waals surface area contributed by atoms with Crippen molar-refractivity contribution in [2.75, 3.05) is 26.7 Å². The summed E-state index contributed by atoms with van der Waals surface area (Å²) in [6.45, 7) is 4.81. The van der Waals surface area contributed by atoms with E-state index in [-0.39, 0.29) is 23.1 Å². The number of benzene rings is 1. The van der Waals surface area contributed by atoms with Crippen LogP contribution in [-0.2, 0) is 6.42 Å². The molecule has 1 N–H and O–H groups in total. The van der Waals surface area contributed by atoms with E-state index in [1.54, 1.807) is 17.0 Å². The van der Waals surface area contributed by atoms with Crippen LogP contribution in [-0.4, -0.2) is 53.4 Å². The minimum atomic E-state index is -0.303. The average molecular weight is 367 g/mol. The maximum atomic E-state index is 12.8. The fraction of sp³-hybridized carbons (Fsp3) is 0.455. The van der Waals surface area contributed by atoms with Crippen molar-refractivity contribution in [3.8, 4) is 0 Å². The molecule has 1 aliphatic heterocycles. The van der Waals surface area contributed by atoms with Gasteiger partial charge in [0.2, 0.25) is 0 Å². The molecule has 1 fully saturated rings. The Morgan fingerprint density at radius 1 is 1.22 bits per heavy atom. The Kier molecular flexibility index (Phi) is 6.45. The smallest absolute Gasteiger partial charge is 0.260 e. The van der Waals surface area contributed by atoms with Crippen LogP contribution in [0.15, 0.2) is 47.3 Å². The third-order valence-electron chi connectivity index (χ3n) is 5.42. The molecule has 5 nitrogen and oxygen atoms in total. The molecule has 144 valence electrons. The lowest BCUT2D eigenvalue weighted by atomic mass is 10.0. The number of carbonyl (C=O) groups is 1. The van der Waals surface area contributed by atoms with Gasteiger partial charge in [-0.05, 0) is 63.4 Å². The predicted molar refractivity (Wildman–Crippen MR) is 108 cm³/mol. The Balaban J connectivity index is 1.55. The molecule has 1 unspecified atom stereocenters. The molecule has 1 aromatic carbocycles. The molecule has 2 heterocycles. The third kappa shape index (κ3) is 5.07. The van der Waals surface area contributed by atoms with E-state index in [4.69, 9.17) is 0 Å². The van der Waals surface area contributed by atoms with Crippen LogP contribution in [0.4, 0.5) is 0 Å². The zero-order chi connectivity index (χ0) is 19.2. The summed E-state index contributed by atoms with van der Waals surface area (Å²) in [7, 11) is 1.82. The number of nitrogens with zero attached hydrogens (tertiary/aromatic N) is 2. The first kappa shape index (κ1) is 19.4. The van der Waals surface area contributed by atoms with Gasteiger partial charge in [0, 0.05) is 25.3 Å². The molecule has 0 bridgehead atoms. The number of rotatable bonds is 6. The van der Waals surface area contributed by atoms with Crippen LogP contribution < -0.4 is 5.56 Å². The number of aryl methyl sites for hydroxylation is 2. The Morgan fingerprint density at radius 3 is 2.74 bits per heavy atom. The molecular weight excluding hydrogens is 338 g/mol. The van der Waals surface area contributed by atoms with E-state index < -0.39 is 0 Å². The van der Waals surface area contributed by atoms with Gasteiger partial charge in [-0.15, -0.1) is 0 Å². The van der Waals surface area contributed by atoms with Crippen LogP contribution in [0.25, 0.3) is 0 Å². The largest absolute Gasteiger partial charge is 0.337 e. The normalized spacial score (nSPS) is 17.6. The van der Waals surface area contributed by atoms with Gasteiger partial charge in [0.1, 0.15) is 5.56 Å². The molecule has 1 atom stereocenters. The monoisotopic (exact) mass is 367 g/mol. The van der Waals surface area contributed by atoms with Crippen LogP contribution >= 0.6 is 0 Å². The van der Waals surface area contributed by atoms with Crippen molar-refractivity contribution in [2.24, 2.45) is 0 Å². The minimum Gasteiger partial charge on any atom is -0.337 e. The van der Waals surface area contributed by atoms with Gasteiger partial charge in [-0.2, -0.15) is 0 Å². The van der Waals surface area contributed by atoms with E-state index in [1.165, 1.54) is 5.56 Å². The molecule has 2 aromatic rings. The fourth-order valence-corrected chi connectivity index (χ4v) is 3.80. The summed E-state index contributed by atoms with van der Waals surface area (Å²) in [5.41, 5.74) is 2.06. The van der Waals surface area contributed by atoms with Gasteiger partial charge < -0.3 is 14.8 Å². The lowest BCUT2D eigenvalue weighted by Crippen LogP contribution is -2.49. The highest BCUT2D eigenvalue weighted by Crippen LogP contribution is 2.17. The quantitative estimate of drug-likeness (QED) is 0.854. The Hall–Kier alpha value is -2.40. The first-order valence-electron chi connectivity index (χ1n) is 9.78. The average Bonchev–Trinajstić information content (AvgIpc) is 2.68. The molecule has 1 amide bonds. The molecule has 0 spiro atoms. The predicted octanol–water partition coefficient (Wildman–Crippen LogP) is 2.85. The van der Waals surface area contributed by atoms with Gasteiger partial charge in [0.25, 0.3) is 11.5 Å². The highest BCUT2D eigenvalue weighted by atomic mass is 16.2. The van der Waals surface area contributed by atoms with E-state index in [0.29, 0.717) is 0 Å². The number of hydrogen-bond acceptors (Lipinski definition) is 3. The van der Waals surface area contributed by atoms with Crippen LogP contribution in [0.3, 0.4) is 0 Å². The van der Waals surface area contributed by atoms with Crippen molar-refractivity contribution >= 4 is 5.91 Å². The topological polar surface area (TPSA) is 56.4 Å². The molecule has 1 aromatic heterocycles. The number of piperidine rings is 1.